The molecule has 0 aliphatic carbocycles. The fourth-order valence-electron chi connectivity index (χ4n) is 2.27. The van der Waals surface area contributed by atoms with E-state index in [9.17, 15) is 4.79 Å². The third-order valence-corrected chi connectivity index (χ3v) is 3.36. The Morgan fingerprint density at radius 1 is 1.29 bits per heavy atom. The van der Waals surface area contributed by atoms with Gasteiger partial charge in [-0.05, 0) is 36.4 Å². The van der Waals surface area contributed by atoms with Crippen molar-refractivity contribution in [3.8, 4) is 5.75 Å². The summed E-state index contributed by atoms with van der Waals surface area (Å²) in [4.78, 5) is 18.8. The number of benzene rings is 1. The lowest BCUT2D eigenvalue weighted by Gasteiger charge is -2.00. The molecular weight excluding hydrogens is 264 g/mol. The predicted octanol–water partition coefficient (Wildman–Crippen LogP) is 3.03. The third kappa shape index (κ3) is 2.71. The van der Waals surface area contributed by atoms with Gasteiger partial charge in [0.25, 0.3) is 0 Å². The summed E-state index contributed by atoms with van der Waals surface area (Å²) in [6.07, 6.45) is 2.17. The van der Waals surface area contributed by atoms with E-state index in [2.05, 4.69) is 9.97 Å². The van der Waals surface area contributed by atoms with Gasteiger partial charge in [-0.15, -0.1) is 0 Å². The highest BCUT2D eigenvalue weighted by Gasteiger charge is 2.09. The van der Waals surface area contributed by atoms with Crippen LogP contribution in [0.4, 0.5) is 0 Å². The first-order chi connectivity index (χ1) is 10.3. The third-order valence-electron chi connectivity index (χ3n) is 3.36. The molecule has 0 radical (unpaired) electrons. The fraction of sp³-hybridized carbons (Fsp3) is 0.118. The number of hydrogen-bond donors (Lipinski definition) is 1. The standard InChI is InChI=1S/C17H14N2O2/c1-21-15-5-6-16-12(9-15)10-17(19-16)13(11-20)8-14-4-2-3-7-18-14/h2-7,9-10,19H,8H2,1H3. The number of ether oxygens (including phenoxy) is 1. The molecule has 0 saturated heterocycles. The monoisotopic (exact) mass is 278 g/mol. The SMILES string of the molecule is COc1ccc2[nH]c(C(=C=O)Cc3ccccn3)cc2c1. The minimum Gasteiger partial charge on any atom is -0.497 e. The van der Waals surface area contributed by atoms with Gasteiger partial charge in [0.15, 0.2) is 0 Å². The van der Waals surface area contributed by atoms with Gasteiger partial charge in [-0.2, -0.15) is 0 Å². The van der Waals surface area contributed by atoms with Crippen LogP contribution in [0.15, 0.2) is 48.7 Å². The Morgan fingerprint density at radius 3 is 2.90 bits per heavy atom. The molecule has 1 N–H and O–H groups in total. The topological polar surface area (TPSA) is 55.0 Å². The molecule has 0 unspecified atom stereocenters. The second kappa shape index (κ2) is 5.65. The molecule has 0 amide bonds. The summed E-state index contributed by atoms with van der Waals surface area (Å²) in [5.41, 5.74) is 3.12. The molecule has 3 rings (SSSR count). The molecule has 2 heterocycles. The largest absolute Gasteiger partial charge is 0.497 e. The van der Waals surface area contributed by atoms with Gasteiger partial charge in [0, 0.05) is 29.2 Å². The second-order valence-electron chi connectivity index (χ2n) is 4.71. The number of hydrogen-bond acceptors (Lipinski definition) is 3. The van der Waals surface area contributed by atoms with Crippen LogP contribution >= 0.6 is 0 Å². The van der Waals surface area contributed by atoms with Crippen molar-refractivity contribution >= 4 is 22.4 Å². The lowest BCUT2D eigenvalue weighted by Crippen LogP contribution is -1.94. The van der Waals surface area contributed by atoms with Crippen molar-refractivity contribution in [1.29, 1.82) is 0 Å². The molecule has 104 valence electrons. The van der Waals surface area contributed by atoms with Crippen LogP contribution in [-0.4, -0.2) is 23.0 Å². The van der Waals surface area contributed by atoms with E-state index >= 15 is 0 Å². The summed E-state index contributed by atoms with van der Waals surface area (Å²) in [5, 5.41) is 0.998. The van der Waals surface area contributed by atoms with Crippen LogP contribution in [0.2, 0.25) is 0 Å². The van der Waals surface area contributed by atoms with E-state index in [1.165, 1.54) is 0 Å². The first kappa shape index (κ1) is 13.2. The van der Waals surface area contributed by atoms with Crippen molar-refractivity contribution in [3.63, 3.8) is 0 Å². The maximum absolute atomic E-state index is 11.3. The molecular formula is C17H14N2O2. The van der Waals surface area contributed by atoms with Crippen LogP contribution in [0.1, 0.15) is 11.4 Å². The van der Waals surface area contributed by atoms with Crippen molar-refractivity contribution in [2.24, 2.45) is 0 Å². The normalized spacial score (nSPS) is 10.3. The molecule has 0 spiro atoms. The first-order valence-electron chi connectivity index (χ1n) is 6.61. The minimum atomic E-state index is 0.453. The zero-order valence-corrected chi connectivity index (χ0v) is 11.6. The number of rotatable bonds is 4. The van der Waals surface area contributed by atoms with Gasteiger partial charge in [0.1, 0.15) is 11.7 Å². The molecule has 0 saturated carbocycles. The number of nitrogens with one attached hydrogen (secondary N) is 1. The van der Waals surface area contributed by atoms with Gasteiger partial charge in [-0.3, -0.25) is 4.98 Å². The quantitative estimate of drug-likeness (QED) is 0.746. The Balaban J connectivity index is 1.96. The lowest BCUT2D eigenvalue weighted by atomic mass is 10.1. The van der Waals surface area contributed by atoms with Crippen LogP contribution in [0.3, 0.4) is 0 Å². The van der Waals surface area contributed by atoms with Crippen LogP contribution < -0.4 is 4.74 Å². The van der Waals surface area contributed by atoms with Crippen LogP contribution in [0.25, 0.3) is 16.5 Å². The van der Waals surface area contributed by atoms with Crippen LogP contribution in [-0.2, 0) is 11.2 Å². The van der Waals surface area contributed by atoms with Gasteiger partial charge in [0.2, 0.25) is 0 Å². The number of allylic oxidation sites excluding steroid dienone is 1. The molecule has 0 aliphatic heterocycles. The maximum atomic E-state index is 11.3. The zero-order valence-electron chi connectivity index (χ0n) is 11.6. The number of methoxy groups -OCH3 is 1. The number of fused-ring (bicyclic) bond motifs is 1. The van der Waals surface area contributed by atoms with E-state index in [4.69, 9.17) is 4.74 Å². The van der Waals surface area contributed by atoms with E-state index < -0.39 is 0 Å². The van der Waals surface area contributed by atoms with Gasteiger partial charge in [0.05, 0.1) is 18.4 Å². The van der Waals surface area contributed by atoms with Gasteiger partial charge in [-0.1, -0.05) is 6.07 Å². The van der Waals surface area contributed by atoms with Crippen LogP contribution in [0, 0.1) is 0 Å². The first-order valence-corrected chi connectivity index (χ1v) is 6.61. The molecule has 0 aliphatic rings. The number of carbonyl (C=O) groups excluding carboxylic acids is 1. The van der Waals surface area contributed by atoms with Crippen molar-refractivity contribution < 1.29 is 9.53 Å². The van der Waals surface area contributed by atoms with Crippen molar-refractivity contribution in [3.05, 3.63) is 60.0 Å². The molecule has 4 nitrogen and oxygen atoms in total. The average Bonchev–Trinajstić information content (AvgIpc) is 2.96. The minimum absolute atomic E-state index is 0.453. The Labute approximate surface area is 122 Å². The van der Waals surface area contributed by atoms with E-state index in [0.29, 0.717) is 12.0 Å². The summed E-state index contributed by atoms with van der Waals surface area (Å²) in [6, 6.07) is 13.3. The van der Waals surface area contributed by atoms with Gasteiger partial charge in [-0.25, -0.2) is 4.79 Å². The van der Waals surface area contributed by atoms with Crippen molar-refractivity contribution in [2.75, 3.05) is 7.11 Å². The van der Waals surface area contributed by atoms with Crippen LogP contribution in [0.5, 0.6) is 5.75 Å². The highest BCUT2D eigenvalue weighted by atomic mass is 16.5. The molecule has 3 aromatic rings. The fourth-order valence-corrected chi connectivity index (χ4v) is 2.27. The van der Waals surface area contributed by atoms with E-state index in [0.717, 1.165) is 28.0 Å². The highest BCUT2D eigenvalue weighted by Crippen LogP contribution is 2.25. The maximum Gasteiger partial charge on any atom is 0.130 e. The Hall–Kier alpha value is -2.84. The molecule has 2 aromatic heterocycles. The number of aromatic nitrogens is 2. The summed E-state index contributed by atoms with van der Waals surface area (Å²) in [5.74, 6) is 2.81. The number of H-pyrrole nitrogens is 1. The molecule has 0 atom stereocenters. The molecule has 1 aromatic carbocycles. The number of pyridine rings is 1. The van der Waals surface area contributed by atoms with Gasteiger partial charge >= 0.3 is 0 Å². The van der Waals surface area contributed by atoms with Crippen molar-refractivity contribution in [2.45, 2.75) is 6.42 Å². The van der Waals surface area contributed by atoms with E-state index in [1.807, 2.05) is 48.4 Å². The Bertz CT molecular complexity index is 815. The smallest absolute Gasteiger partial charge is 0.130 e. The molecule has 0 bridgehead atoms. The zero-order chi connectivity index (χ0) is 14.7. The van der Waals surface area contributed by atoms with E-state index in [-0.39, 0.29) is 0 Å². The van der Waals surface area contributed by atoms with Crippen molar-refractivity contribution in [1.82, 2.24) is 9.97 Å². The molecule has 0 fully saturated rings. The lowest BCUT2D eigenvalue weighted by molar-refractivity contribution is 0.415. The molecule has 21 heavy (non-hydrogen) atoms. The Morgan fingerprint density at radius 2 is 2.19 bits per heavy atom. The predicted molar refractivity (Wildman–Crippen MR) is 81.9 cm³/mol. The number of nitrogens with zero attached hydrogens (tertiary/aromatic N) is 1. The second-order valence-corrected chi connectivity index (χ2v) is 4.71. The summed E-state index contributed by atoms with van der Waals surface area (Å²) < 4.78 is 5.21. The number of aromatic amines is 1. The Kier molecular flexibility index (Phi) is 3.54. The average molecular weight is 278 g/mol. The van der Waals surface area contributed by atoms with E-state index in [1.54, 1.807) is 13.3 Å². The summed E-state index contributed by atoms with van der Waals surface area (Å²) in [6.45, 7) is 0. The summed E-state index contributed by atoms with van der Waals surface area (Å²) in [7, 11) is 1.63. The molecule has 4 heteroatoms. The van der Waals surface area contributed by atoms with Gasteiger partial charge < -0.3 is 9.72 Å². The summed E-state index contributed by atoms with van der Waals surface area (Å²) >= 11 is 0. The highest BCUT2D eigenvalue weighted by molar-refractivity contribution is 5.93.